The number of aliphatic hydroxyl groups excluding tert-OH is 1. The van der Waals surface area contributed by atoms with Gasteiger partial charge in [-0.2, -0.15) is 5.10 Å². The Bertz CT molecular complexity index is 1400. The van der Waals surface area contributed by atoms with Crippen molar-refractivity contribution in [3.05, 3.63) is 65.7 Å². The zero-order chi connectivity index (χ0) is 24.1. The van der Waals surface area contributed by atoms with Gasteiger partial charge in [0.15, 0.2) is 5.65 Å². The van der Waals surface area contributed by atoms with Gasteiger partial charge in [0.05, 0.1) is 17.8 Å². The predicted octanol–water partition coefficient (Wildman–Crippen LogP) is 3.77. The number of nitrogens with zero attached hydrogens (tertiary/aromatic N) is 6. The van der Waals surface area contributed by atoms with E-state index in [1.165, 1.54) is 0 Å². The molecule has 5 heterocycles. The molecule has 4 aromatic rings. The molecule has 2 aliphatic rings. The number of pyridine rings is 1. The highest BCUT2D eigenvalue weighted by Gasteiger charge is 2.33. The second-order valence-corrected chi connectivity index (χ2v) is 9.96. The Morgan fingerprint density at radius 1 is 1.14 bits per heavy atom. The number of β-amino-alcohol motifs (C(OH)–C–C–N with tert-alkyl or cyclic N) is 1. The Hall–Kier alpha value is -3.52. The fourth-order valence-electron chi connectivity index (χ4n) is 5.53. The standard InChI is InChI=1S/C27H30N6O2/c1-17-14-31(16-23(17)34)26-18(2)15-33-24(29-26)13-21(30-33)22-9-5-6-12-32(22)27(35)25-20-8-4-3-7-19(20)10-11-28-25/h3-4,7-8,10-11,13,15,17,22-23,34H,5-6,9,12,14,16H2,1-2H3. The lowest BCUT2D eigenvalue weighted by atomic mass is 9.98. The van der Waals surface area contributed by atoms with Gasteiger partial charge in [-0.3, -0.25) is 9.78 Å². The van der Waals surface area contributed by atoms with Crippen LogP contribution in [0.15, 0.2) is 48.8 Å². The fourth-order valence-corrected chi connectivity index (χ4v) is 5.53. The van der Waals surface area contributed by atoms with Crippen LogP contribution in [0.25, 0.3) is 16.4 Å². The summed E-state index contributed by atoms with van der Waals surface area (Å²) >= 11 is 0. The van der Waals surface area contributed by atoms with E-state index in [2.05, 4.69) is 16.8 Å². The number of hydrogen-bond acceptors (Lipinski definition) is 6. The molecule has 0 radical (unpaired) electrons. The molecule has 6 rings (SSSR count). The molecule has 1 amide bonds. The molecule has 2 aliphatic heterocycles. The number of aliphatic hydroxyl groups is 1. The van der Waals surface area contributed by atoms with Crippen molar-refractivity contribution in [3.63, 3.8) is 0 Å². The molecule has 1 N–H and O–H groups in total. The number of carbonyl (C=O) groups is 1. The number of carbonyl (C=O) groups excluding carboxylic acids is 1. The summed E-state index contributed by atoms with van der Waals surface area (Å²) in [7, 11) is 0. The van der Waals surface area contributed by atoms with E-state index in [0.717, 1.165) is 59.3 Å². The number of fused-ring (bicyclic) bond motifs is 2. The topological polar surface area (TPSA) is 86.9 Å². The molecular weight excluding hydrogens is 440 g/mol. The van der Waals surface area contributed by atoms with Crippen LogP contribution < -0.4 is 4.90 Å². The van der Waals surface area contributed by atoms with Crippen LogP contribution in [0.1, 0.15) is 54.0 Å². The van der Waals surface area contributed by atoms with Gasteiger partial charge in [-0.25, -0.2) is 9.50 Å². The summed E-state index contributed by atoms with van der Waals surface area (Å²) in [6, 6.07) is 11.7. The van der Waals surface area contributed by atoms with Crippen LogP contribution in [0.4, 0.5) is 5.82 Å². The molecule has 8 nitrogen and oxygen atoms in total. The highest BCUT2D eigenvalue weighted by Crippen LogP contribution is 2.33. The van der Waals surface area contributed by atoms with Crippen molar-refractivity contribution in [1.29, 1.82) is 0 Å². The van der Waals surface area contributed by atoms with Crippen LogP contribution in [0.3, 0.4) is 0 Å². The van der Waals surface area contributed by atoms with Gasteiger partial charge >= 0.3 is 0 Å². The van der Waals surface area contributed by atoms with E-state index in [0.29, 0.717) is 18.8 Å². The number of anilines is 1. The van der Waals surface area contributed by atoms with E-state index in [1.807, 2.05) is 58.9 Å². The molecule has 0 bridgehead atoms. The smallest absolute Gasteiger partial charge is 0.273 e. The van der Waals surface area contributed by atoms with Crippen molar-refractivity contribution in [2.24, 2.45) is 5.92 Å². The third kappa shape index (κ3) is 3.82. The van der Waals surface area contributed by atoms with E-state index in [9.17, 15) is 9.90 Å². The van der Waals surface area contributed by atoms with E-state index in [-0.39, 0.29) is 24.0 Å². The summed E-state index contributed by atoms with van der Waals surface area (Å²) in [4.78, 5) is 27.2. The maximum Gasteiger partial charge on any atom is 0.273 e. The number of aromatic nitrogens is 4. The molecule has 3 unspecified atom stereocenters. The SMILES string of the molecule is Cc1cn2nc(C3CCCCN3C(=O)c3nccc4ccccc34)cc2nc1N1CC(C)C(O)C1. The number of amides is 1. The molecule has 0 saturated carbocycles. The highest BCUT2D eigenvalue weighted by atomic mass is 16.3. The number of rotatable bonds is 3. The van der Waals surface area contributed by atoms with E-state index < -0.39 is 0 Å². The summed E-state index contributed by atoms with van der Waals surface area (Å²) in [6.45, 7) is 6.16. The lowest BCUT2D eigenvalue weighted by Gasteiger charge is -2.34. The Balaban J connectivity index is 1.35. The third-order valence-electron chi connectivity index (χ3n) is 7.48. The number of aryl methyl sites for hydroxylation is 1. The Morgan fingerprint density at radius 2 is 2.00 bits per heavy atom. The van der Waals surface area contributed by atoms with Crippen molar-refractivity contribution in [2.75, 3.05) is 24.5 Å². The minimum Gasteiger partial charge on any atom is -0.391 e. The number of hydrogen-bond donors (Lipinski definition) is 1. The molecule has 3 aromatic heterocycles. The van der Waals surface area contributed by atoms with Crippen LogP contribution in [0.5, 0.6) is 0 Å². The molecule has 180 valence electrons. The summed E-state index contributed by atoms with van der Waals surface area (Å²) in [5.41, 5.74) is 3.13. The molecular formula is C27H30N6O2. The van der Waals surface area contributed by atoms with Crippen molar-refractivity contribution < 1.29 is 9.90 Å². The van der Waals surface area contributed by atoms with Gasteiger partial charge in [0, 0.05) is 55.0 Å². The number of benzene rings is 1. The average Bonchev–Trinajstić information content (AvgIpc) is 3.44. The Labute approximate surface area is 204 Å². The van der Waals surface area contributed by atoms with Gasteiger partial charge in [0.25, 0.3) is 5.91 Å². The monoisotopic (exact) mass is 470 g/mol. The van der Waals surface area contributed by atoms with Gasteiger partial charge in [0.1, 0.15) is 11.5 Å². The Morgan fingerprint density at radius 3 is 2.83 bits per heavy atom. The molecule has 2 fully saturated rings. The van der Waals surface area contributed by atoms with Crippen molar-refractivity contribution in [2.45, 2.75) is 45.3 Å². The first-order valence-corrected chi connectivity index (χ1v) is 12.4. The first-order valence-electron chi connectivity index (χ1n) is 12.4. The molecule has 8 heteroatoms. The van der Waals surface area contributed by atoms with Crippen LogP contribution in [-0.2, 0) is 0 Å². The average molecular weight is 471 g/mol. The molecule has 1 aromatic carbocycles. The van der Waals surface area contributed by atoms with E-state index >= 15 is 0 Å². The van der Waals surface area contributed by atoms with Crippen molar-refractivity contribution in [3.8, 4) is 0 Å². The van der Waals surface area contributed by atoms with E-state index in [1.54, 1.807) is 6.20 Å². The summed E-state index contributed by atoms with van der Waals surface area (Å²) in [5.74, 6) is 1.06. The minimum absolute atomic E-state index is 0.0478. The van der Waals surface area contributed by atoms with Gasteiger partial charge in [-0.15, -0.1) is 0 Å². The summed E-state index contributed by atoms with van der Waals surface area (Å²) in [6.07, 6.45) is 6.26. The number of likely N-dealkylation sites (tertiary alicyclic amines) is 1. The number of piperidine rings is 1. The normalized spacial score (nSPS) is 22.9. The summed E-state index contributed by atoms with van der Waals surface area (Å²) in [5, 5.41) is 17.0. The molecule has 3 atom stereocenters. The highest BCUT2D eigenvalue weighted by molar-refractivity contribution is 6.05. The fraction of sp³-hybridized carbons (Fsp3) is 0.407. The Kier molecular flexibility index (Phi) is 5.40. The first kappa shape index (κ1) is 22.0. The van der Waals surface area contributed by atoms with Gasteiger partial charge in [-0.05, 0) is 37.6 Å². The molecule has 35 heavy (non-hydrogen) atoms. The summed E-state index contributed by atoms with van der Waals surface area (Å²) < 4.78 is 1.82. The minimum atomic E-state index is -0.336. The van der Waals surface area contributed by atoms with Gasteiger partial charge in [-0.1, -0.05) is 31.2 Å². The van der Waals surface area contributed by atoms with Crippen molar-refractivity contribution >= 4 is 28.1 Å². The van der Waals surface area contributed by atoms with Crippen LogP contribution in [0, 0.1) is 12.8 Å². The molecule has 0 spiro atoms. The maximum atomic E-state index is 13.7. The van der Waals surface area contributed by atoms with E-state index in [4.69, 9.17) is 10.1 Å². The lowest BCUT2D eigenvalue weighted by molar-refractivity contribution is 0.0602. The van der Waals surface area contributed by atoms with Crippen LogP contribution >= 0.6 is 0 Å². The lowest BCUT2D eigenvalue weighted by Crippen LogP contribution is -2.39. The second kappa shape index (κ2) is 8.61. The molecule has 2 saturated heterocycles. The predicted molar refractivity (Wildman–Crippen MR) is 134 cm³/mol. The second-order valence-electron chi connectivity index (χ2n) is 9.96. The van der Waals surface area contributed by atoms with Gasteiger partial charge < -0.3 is 14.9 Å². The molecule has 0 aliphatic carbocycles. The maximum absolute atomic E-state index is 13.7. The largest absolute Gasteiger partial charge is 0.391 e. The quantitative estimate of drug-likeness (QED) is 0.491. The first-order chi connectivity index (χ1) is 17.0. The zero-order valence-electron chi connectivity index (χ0n) is 20.1. The third-order valence-corrected chi connectivity index (χ3v) is 7.48. The van der Waals surface area contributed by atoms with Gasteiger partial charge in [0.2, 0.25) is 0 Å². The van der Waals surface area contributed by atoms with Crippen molar-refractivity contribution in [1.82, 2.24) is 24.5 Å². The zero-order valence-corrected chi connectivity index (χ0v) is 20.1. The van der Waals surface area contributed by atoms with Crippen LogP contribution in [-0.4, -0.2) is 61.2 Å². The van der Waals surface area contributed by atoms with Crippen LogP contribution in [0.2, 0.25) is 0 Å².